The van der Waals surface area contributed by atoms with E-state index in [4.69, 9.17) is 14.2 Å². The molecule has 0 aliphatic carbocycles. The molecule has 5 rings (SSSR count). The van der Waals surface area contributed by atoms with Crippen molar-refractivity contribution >= 4 is 34.2 Å². The molecular formula is C29H26N2O5S. The molecule has 1 aliphatic heterocycles. The second-order valence-electron chi connectivity index (χ2n) is 8.49. The molecule has 37 heavy (non-hydrogen) atoms. The van der Waals surface area contributed by atoms with Gasteiger partial charge in [-0.3, -0.25) is 9.36 Å². The van der Waals surface area contributed by atoms with Crippen molar-refractivity contribution in [3.8, 4) is 11.5 Å². The number of hydrogen-bond acceptors (Lipinski definition) is 7. The highest BCUT2D eigenvalue weighted by Crippen LogP contribution is 2.36. The highest BCUT2D eigenvalue weighted by molar-refractivity contribution is 7.07. The zero-order valence-corrected chi connectivity index (χ0v) is 21.8. The topological polar surface area (TPSA) is 79.1 Å². The minimum absolute atomic E-state index is 0.208. The lowest BCUT2D eigenvalue weighted by Gasteiger charge is -2.25. The maximum Gasteiger partial charge on any atom is 0.338 e. The molecule has 0 spiro atoms. The molecule has 2 heterocycles. The van der Waals surface area contributed by atoms with E-state index >= 15 is 0 Å². The summed E-state index contributed by atoms with van der Waals surface area (Å²) in [6.45, 7) is 3.72. The second-order valence-corrected chi connectivity index (χ2v) is 9.49. The molecule has 0 saturated carbocycles. The van der Waals surface area contributed by atoms with Crippen LogP contribution in [0.15, 0.2) is 81.7 Å². The Morgan fingerprint density at radius 3 is 2.57 bits per heavy atom. The third-order valence-electron chi connectivity index (χ3n) is 6.35. The minimum atomic E-state index is -0.732. The Hall–Kier alpha value is -4.17. The van der Waals surface area contributed by atoms with Crippen LogP contribution in [0.25, 0.3) is 16.8 Å². The lowest BCUT2D eigenvalue weighted by Crippen LogP contribution is -2.40. The Balaban J connectivity index is 1.76. The average Bonchev–Trinajstić information content (AvgIpc) is 3.21. The van der Waals surface area contributed by atoms with E-state index in [1.807, 2.05) is 54.6 Å². The van der Waals surface area contributed by atoms with E-state index in [2.05, 4.69) is 4.99 Å². The first kappa shape index (κ1) is 24.5. The molecule has 1 aromatic heterocycles. The van der Waals surface area contributed by atoms with E-state index < -0.39 is 12.0 Å². The molecule has 0 radical (unpaired) electrons. The van der Waals surface area contributed by atoms with Crippen molar-refractivity contribution in [2.45, 2.75) is 19.9 Å². The summed E-state index contributed by atoms with van der Waals surface area (Å²) in [4.78, 5) is 32.2. The third-order valence-corrected chi connectivity index (χ3v) is 7.33. The van der Waals surface area contributed by atoms with Crippen LogP contribution < -0.4 is 24.4 Å². The van der Waals surface area contributed by atoms with Crippen LogP contribution >= 0.6 is 11.3 Å². The predicted molar refractivity (Wildman–Crippen MR) is 144 cm³/mol. The maximum absolute atomic E-state index is 13.9. The summed E-state index contributed by atoms with van der Waals surface area (Å²) in [5, 5.41) is 2.14. The predicted octanol–water partition coefficient (Wildman–Crippen LogP) is 3.97. The summed E-state index contributed by atoms with van der Waals surface area (Å²) in [7, 11) is 3.10. The number of hydrogen-bond donors (Lipinski definition) is 0. The third kappa shape index (κ3) is 4.34. The zero-order valence-electron chi connectivity index (χ0n) is 21.0. The van der Waals surface area contributed by atoms with E-state index in [-0.39, 0.29) is 12.2 Å². The molecule has 0 saturated heterocycles. The van der Waals surface area contributed by atoms with Gasteiger partial charge in [-0.1, -0.05) is 59.9 Å². The molecule has 8 heteroatoms. The highest BCUT2D eigenvalue weighted by Gasteiger charge is 2.33. The van der Waals surface area contributed by atoms with Crippen molar-refractivity contribution in [1.82, 2.24) is 4.57 Å². The molecule has 188 valence electrons. The standard InChI is InChI=1S/C29H26N2O5S/c1-5-36-28(33)25-17(2)30-29-31(26(25)20-13-14-22(34-3)23(15-20)35-4)27(32)24(37-29)16-19-11-8-10-18-9-6-7-12-21(18)19/h6-16,26H,5H2,1-4H3. The van der Waals surface area contributed by atoms with Gasteiger partial charge in [0, 0.05) is 0 Å². The van der Waals surface area contributed by atoms with Crippen LogP contribution in [0.4, 0.5) is 0 Å². The van der Waals surface area contributed by atoms with Crippen molar-refractivity contribution in [2.75, 3.05) is 20.8 Å². The van der Waals surface area contributed by atoms with Gasteiger partial charge in [0.1, 0.15) is 0 Å². The molecule has 1 aliphatic rings. The Kier molecular flexibility index (Phi) is 6.67. The fourth-order valence-electron chi connectivity index (χ4n) is 4.65. The Bertz CT molecular complexity index is 1730. The van der Waals surface area contributed by atoms with Gasteiger partial charge in [-0.05, 0) is 54.0 Å². The molecule has 0 N–H and O–H groups in total. The summed E-state index contributed by atoms with van der Waals surface area (Å²) in [6.07, 6.45) is 1.89. The number of fused-ring (bicyclic) bond motifs is 2. The fourth-order valence-corrected chi connectivity index (χ4v) is 5.68. The van der Waals surface area contributed by atoms with Gasteiger partial charge < -0.3 is 14.2 Å². The Morgan fingerprint density at radius 1 is 1.05 bits per heavy atom. The van der Waals surface area contributed by atoms with Crippen LogP contribution in [-0.2, 0) is 9.53 Å². The van der Waals surface area contributed by atoms with Gasteiger partial charge in [0.25, 0.3) is 5.56 Å². The molecule has 7 nitrogen and oxygen atoms in total. The monoisotopic (exact) mass is 514 g/mol. The first-order valence-corrected chi connectivity index (χ1v) is 12.7. The Labute approximate surface area is 217 Å². The number of thiazole rings is 1. The van der Waals surface area contributed by atoms with Gasteiger partial charge >= 0.3 is 5.97 Å². The van der Waals surface area contributed by atoms with Crippen molar-refractivity contribution in [1.29, 1.82) is 0 Å². The van der Waals surface area contributed by atoms with Gasteiger partial charge in [0.2, 0.25) is 0 Å². The molecule has 0 amide bonds. The molecule has 0 fully saturated rings. The van der Waals surface area contributed by atoms with E-state index in [0.29, 0.717) is 37.7 Å². The molecule has 4 aromatic rings. The largest absolute Gasteiger partial charge is 0.493 e. The number of carbonyl (C=O) groups is 1. The first-order chi connectivity index (χ1) is 18.0. The number of aromatic nitrogens is 1. The van der Waals surface area contributed by atoms with Crippen molar-refractivity contribution in [2.24, 2.45) is 4.99 Å². The minimum Gasteiger partial charge on any atom is -0.493 e. The van der Waals surface area contributed by atoms with E-state index in [0.717, 1.165) is 16.3 Å². The van der Waals surface area contributed by atoms with Crippen LogP contribution in [0.3, 0.4) is 0 Å². The smallest absolute Gasteiger partial charge is 0.338 e. The molecule has 3 aromatic carbocycles. The van der Waals surface area contributed by atoms with Crippen LogP contribution in [0, 0.1) is 0 Å². The van der Waals surface area contributed by atoms with Gasteiger partial charge in [-0.2, -0.15) is 0 Å². The number of rotatable bonds is 6. The number of carbonyl (C=O) groups excluding carboxylic acids is 1. The number of methoxy groups -OCH3 is 2. The number of ether oxygens (including phenoxy) is 3. The highest BCUT2D eigenvalue weighted by atomic mass is 32.1. The first-order valence-electron chi connectivity index (χ1n) is 11.9. The van der Waals surface area contributed by atoms with Gasteiger partial charge in [-0.15, -0.1) is 0 Å². The van der Waals surface area contributed by atoms with Crippen LogP contribution in [0.1, 0.15) is 31.0 Å². The molecule has 1 atom stereocenters. The molecule has 0 bridgehead atoms. The molecule has 1 unspecified atom stereocenters. The summed E-state index contributed by atoms with van der Waals surface area (Å²) in [5.74, 6) is 0.538. The van der Waals surface area contributed by atoms with E-state index in [9.17, 15) is 9.59 Å². The normalized spacial score (nSPS) is 15.4. The van der Waals surface area contributed by atoms with Gasteiger partial charge in [0.05, 0.1) is 42.7 Å². The van der Waals surface area contributed by atoms with E-state index in [1.54, 1.807) is 44.8 Å². The summed E-state index contributed by atoms with van der Waals surface area (Å²) in [6, 6.07) is 18.7. The second kappa shape index (κ2) is 10.1. The van der Waals surface area contributed by atoms with Gasteiger partial charge in [-0.25, -0.2) is 9.79 Å². The zero-order chi connectivity index (χ0) is 26.1. The number of allylic oxidation sites excluding steroid dienone is 1. The quantitative estimate of drug-likeness (QED) is 0.364. The fraction of sp³-hybridized carbons (Fsp3) is 0.207. The SMILES string of the molecule is CCOC(=O)C1=C(C)N=c2sc(=Cc3cccc4ccccc34)c(=O)n2C1c1ccc(OC)c(OC)c1. The van der Waals surface area contributed by atoms with Gasteiger partial charge in [0.15, 0.2) is 16.3 Å². The summed E-state index contributed by atoms with van der Waals surface area (Å²) in [5.41, 5.74) is 2.22. The maximum atomic E-state index is 13.9. The Morgan fingerprint density at radius 2 is 1.81 bits per heavy atom. The lowest BCUT2D eigenvalue weighted by atomic mass is 9.95. The summed E-state index contributed by atoms with van der Waals surface area (Å²) < 4.78 is 18.4. The number of benzene rings is 3. The number of esters is 1. The average molecular weight is 515 g/mol. The van der Waals surface area contributed by atoms with Crippen molar-refractivity contribution in [3.05, 3.63) is 103 Å². The summed E-state index contributed by atoms with van der Waals surface area (Å²) >= 11 is 1.30. The van der Waals surface area contributed by atoms with Crippen LogP contribution in [-0.4, -0.2) is 31.4 Å². The lowest BCUT2D eigenvalue weighted by molar-refractivity contribution is -0.139. The van der Waals surface area contributed by atoms with E-state index in [1.165, 1.54) is 11.3 Å². The van der Waals surface area contributed by atoms with Crippen LogP contribution in [0.5, 0.6) is 11.5 Å². The van der Waals surface area contributed by atoms with Crippen molar-refractivity contribution < 1.29 is 19.0 Å². The molecular weight excluding hydrogens is 488 g/mol. The number of nitrogens with zero attached hydrogens (tertiary/aromatic N) is 2. The van der Waals surface area contributed by atoms with Crippen molar-refractivity contribution in [3.63, 3.8) is 0 Å². The van der Waals surface area contributed by atoms with Crippen LogP contribution in [0.2, 0.25) is 0 Å².